The third kappa shape index (κ3) is 5.80. The molecule has 0 spiro atoms. The standard InChI is InChI=1S/C8H18N.C2H4O3/c1-3-6-9(2)7-4-5-8-9;1-5-2(3)4/h3-8H2,1-2H3;1H3,(H,3,4)/q+1;/p-1. The minimum absolute atomic E-state index is 1.04. The third-order valence-corrected chi connectivity index (χ3v) is 2.58. The number of hydrogen-bond donors (Lipinski definition) is 0. The van der Waals surface area contributed by atoms with Crippen molar-refractivity contribution in [1.29, 1.82) is 0 Å². The molecule has 0 radical (unpaired) electrons. The maximum atomic E-state index is 9.03. The molecule has 0 bridgehead atoms. The van der Waals surface area contributed by atoms with Crippen LogP contribution in [-0.2, 0) is 4.74 Å². The Hall–Kier alpha value is -0.770. The van der Waals surface area contributed by atoms with Gasteiger partial charge in [-0.15, -0.1) is 0 Å². The summed E-state index contributed by atoms with van der Waals surface area (Å²) < 4.78 is 4.90. The van der Waals surface area contributed by atoms with E-state index in [1.807, 2.05) is 0 Å². The summed E-state index contributed by atoms with van der Waals surface area (Å²) in [7, 11) is 3.42. The van der Waals surface area contributed by atoms with Gasteiger partial charge < -0.3 is 19.1 Å². The summed E-state index contributed by atoms with van der Waals surface area (Å²) >= 11 is 0. The van der Waals surface area contributed by atoms with Crippen LogP contribution in [0.25, 0.3) is 0 Å². The molecule has 0 aliphatic carbocycles. The molecule has 1 aliphatic rings. The first kappa shape index (κ1) is 13.2. The van der Waals surface area contributed by atoms with Gasteiger partial charge in [-0.3, -0.25) is 0 Å². The summed E-state index contributed by atoms with van der Waals surface area (Å²) in [6.45, 7) is 6.52. The van der Waals surface area contributed by atoms with Crippen LogP contribution in [0.5, 0.6) is 0 Å². The molecular formula is C10H21NO3. The highest BCUT2D eigenvalue weighted by molar-refractivity contribution is 5.53. The van der Waals surface area contributed by atoms with Gasteiger partial charge in [-0.25, -0.2) is 0 Å². The van der Waals surface area contributed by atoms with Crippen LogP contribution in [0.3, 0.4) is 0 Å². The lowest BCUT2D eigenvalue weighted by molar-refractivity contribution is -0.897. The number of quaternary nitrogens is 1. The number of carbonyl (C=O) groups excluding carboxylic acids is 1. The monoisotopic (exact) mass is 203 g/mol. The van der Waals surface area contributed by atoms with E-state index in [1.54, 1.807) is 0 Å². The van der Waals surface area contributed by atoms with Gasteiger partial charge in [0.1, 0.15) is 0 Å². The van der Waals surface area contributed by atoms with E-state index in [0.29, 0.717) is 0 Å². The third-order valence-electron chi connectivity index (χ3n) is 2.58. The molecule has 1 rings (SSSR count). The van der Waals surface area contributed by atoms with Gasteiger partial charge in [0.05, 0.1) is 26.7 Å². The lowest BCUT2D eigenvalue weighted by atomic mass is 10.4. The number of carbonyl (C=O) groups is 1. The average Bonchev–Trinajstić information content (AvgIpc) is 2.54. The van der Waals surface area contributed by atoms with Gasteiger partial charge >= 0.3 is 0 Å². The summed E-state index contributed by atoms with van der Waals surface area (Å²) in [6.07, 6.45) is 2.76. The van der Waals surface area contributed by atoms with Gasteiger partial charge in [0.15, 0.2) is 0 Å². The Labute approximate surface area is 86.1 Å². The Balaban J connectivity index is 0.000000292. The molecule has 84 valence electrons. The van der Waals surface area contributed by atoms with Crippen molar-refractivity contribution in [3.63, 3.8) is 0 Å². The Kier molecular flexibility index (Phi) is 6.28. The molecule has 0 amide bonds. The van der Waals surface area contributed by atoms with Crippen LogP contribution in [0, 0.1) is 0 Å². The minimum atomic E-state index is -1.50. The summed E-state index contributed by atoms with van der Waals surface area (Å²) in [5.41, 5.74) is 0. The average molecular weight is 203 g/mol. The summed E-state index contributed by atoms with van der Waals surface area (Å²) in [5.74, 6) is 0. The Morgan fingerprint density at radius 3 is 2.14 bits per heavy atom. The van der Waals surface area contributed by atoms with Crippen LogP contribution in [0.2, 0.25) is 0 Å². The van der Waals surface area contributed by atoms with Gasteiger partial charge in [-0.2, -0.15) is 0 Å². The molecule has 0 saturated carbocycles. The van der Waals surface area contributed by atoms with E-state index in [9.17, 15) is 0 Å². The fraction of sp³-hybridized carbons (Fsp3) is 0.900. The van der Waals surface area contributed by atoms with Crippen molar-refractivity contribution in [2.45, 2.75) is 26.2 Å². The summed E-state index contributed by atoms with van der Waals surface area (Å²) in [5, 5.41) is 9.03. The van der Waals surface area contributed by atoms with Crippen molar-refractivity contribution in [2.75, 3.05) is 33.8 Å². The second kappa shape index (κ2) is 6.65. The molecule has 0 aromatic heterocycles. The molecule has 4 nitrogen and oxygen atoms in total. The summed E-state index contributed by atoms with van der Waals surface area (Å²) in [4.78, 5) is 9.03. The number of carboxylic acid groups (broad SMARTS) is 1. The fourth-order valence-corrected chi connectivity index (χ4v) is 1.86. The van der Waals surface area contributed by atoms with Gasteiger partial charge in [0.2, 0.25) is 0 Å². The number of rotatable bonds is 2. The van der Waals surface area contributed by atoms with Crippen molar-refractivity contribution < 1.29 is 19.1 Å². The topological polar surface area (TPSA) is 49.4 Å². The molecule has 1 aliphatic heterocycles. The molecule has 0 aromatic carbocycles. The molecule has 0 aromatic rings. The first-order chi connectivity index (χ1) is 6.54. The first-order valence-electron chi connectivity index (χ1n) is 5.12. The van der Waals surface area contributed by atoms with Crippen molar-refractivity contribution in [2.24, 2.45) is 0 Å². The van der Waals surface area contributed by atoms with Crippen LogP contribution >= 0.6 is 0 Å². The molecule has 0 atom stereocenters. The van der Waals surface area contributed by atoms with Crippen molar-refractivity contribution >= 4 is 6.16 Å². The highest BCUT2D eigenvalue weighted by atomic mass is 16.6. The normalized spacial score (nSPS) is 18.2. The van der Waals surface area contributed by atoms with E-state index >= 15 is 0 Å². The van der Waals surface area contributed by atoms with E-state index in [0.717, 1.165) is 7.11 Å². The van der Waals surface area contributed by atoms with Crippen molar-refractivity contribution in [1.82, 2.24) is 0 Å². The molecule has 4 heteroatoms. The first-order valence-corrected chi connectivity index (χ1v) is 5.12. The largest absolute Gasteiger partial charge is 0.553 e. The molecular weight excluding hydrogens is 182 g/mol. The van der Waals surface area contributed by atoms with E-state index in [-0.39, 0.29) is 0 Å². The highest BCUT2D eigenvalue weighted by Gasteiger charge is 2.24. The predicted octanol–water partition coefficient (Wildman–Crippen LogP) is 0.613. The molecule has 1 heterocycles. The van der Waals surface area contributed by atoms with E-state index in [4.69, 9.17) is 9.90 Å². The lowest BCUT2D eigenvalue weighted by Crippen LogP contribution is -2.41. The Morgan fingerprint density at radius 1 is 1.43 bits per heavy atom. The maximum Gasteiger partial charge on any atom is 0.251 e. The zero-order chi connectivity index (χ0) is 11.0. The number of likely N-dealkylation sites (tertiary alicyclic amines) is 1. The zero-order valence-corrected chi connectivity index (χ0v) is 9.41. The Bertz CT molecular complexity index is 165. The number of ether oxygens (including phenoxy) is 1. The second-order valence-electron chi connectivity index (χ2n) is 3.95. The van der Waals surface area contributed by atoms with Crippen LogP contribution < -0.4 is 5.11 Å². The quantitative estimate of drug-likeness (QED) is 0.488. The van der Waals surface area contributed by atoms with Gasteiger partial charge in [-0.1, -0.05) is 6.92 Å². The highest BCUT2D eigenvalue weighted by Crippen LogP contribution is 2.15. The molecule has 0 N–H and O–H groups in total. The van der Waals surface area contributed by atoms with Gasteiger partial charge in [0.25, 0.3) is 6.16 Å². The van der Waals surface area contributed by atoms with Crippen molar-refractivity contribution in [3.05, 3.63) is 0 Å². The smallest absolute Gasteiger partial charge is 0.251 e. The zero-order valence-electron chi connectivity index (χ0n) is 9.41. The molecule has 1 fully saturated rings. The molecule has 0 unspecified atom stereocenters. The SMILES string of the molecule is CCC[N+]1(C)CCCC1.COC(=O)[O-]. The van der Waals surface area contributed by atoms with Crippen molar-refractivity contribution in [3.8, 4) is 0 Å². The lowest BCUT2D eigenvalue weighted by Gasteiger charge is -2.28. The van der Waals surface area contributed by atoms with Crippen LogP contribution in [0.4, 0.5) is 4.79 Å². The minimum Gasteiger partial charge on any atom is -0.553 e. The van der Waals surface area contributed by atoms with E-state index in [1.165, 1.54) is 43.4 Å². The van der Waals surface area contributed by atoms with Crippen LogP contribution in [0.15, 0.2) is 0 Å². The van der Waals surface area contributed by atoms with E-state index < -0.39 is 6.16 Å². The number of hydrogen-bond acceptors (Lipinski definition) is 3. The second-order valence-corrected chi connectivity index (χ2v) is 3.95. The predicted molar refractivity (Wildman–Crippen MR) is 52.7 cm³/mol. The van der Waals surface area contributed by atoms with Gasteiger partial charge in [-0.05, 0) is 6.42 Å². The van der Waals surface area contributed by atoms with E-state index in [2.05, 4.69) is 18.7 Å². The Morgan fingerprint density at radius 2 is 1.86 bits per heavy atom. The fourth-order valence-electron chi connectivity index (χ4n) is 1.86. The molecule has 1 saturated heterocycles. The van der Waals surface area contributed by atoms with Crippen LogP contribution in [-0.4, -0.2) is 44.4 Å². The summed E-state index contributed by atoms with van der Waals surface area (Å²) in [6, 6.07) is 0. The van der Waals surface area contributed by atoms with Crippen LogP contribution in [0.1, 0.15) is 26.2 Å². The number of nitrogens with zero attached hydrogens (tertiary/aromatic N) is 1. The maximum absolute atomic E-state index is 9.03. The molecule has 14 heavy (non-hydrogen) atoms. The number of methoxy groups -OCH3 is 1. The van der Waals surface area contributed by atoms with Gasteiger partial charge in [0, 0.05) is 20.0 Å².